The van der Waals surface area contributed by atoms with Crippen LogP contribution in [0.5, 0.6) is 0 Å². The summed E-state index contributed by atoms with van der Waals surface area (Å²) >= 11 is 0. The van der Waals surface area contributed by atoms with E-state index in [9.17, 15) is 9.59 Å². The Hall–Kier alpha value is -1.12. The number of carbonyl (C=O) groups is 2. The third-order valence-electron chi connectivity index (χ3n) is 1.88. The summed E-state index contributed by atoms with van der Waals surface area (Å²) in [6.45, 7) is 3.74. The van der Waals surface area contributed by atoms with Crippen LogP contribution in [-0.2, 0) is 9.59 Å². The molecule has 3 heteroatoms. The summed E-state index contributed by atoms with van der Waals surface area (Å²) in [7, 11) is 0. The molecule has 1 rings (SSSR count). The van der Waals surface area contributed by atoms with E-state index >= 15 is 0 Å². The van der Waals surface area contributed by atoms with E-state index < -0.39 is 5.97 Å². The van der Waals surface area contributed by atoms with E-state index in [4.69, 9.17) is 5.11 Å². The highest BCUT2D eigenvalue weighted by molar-refractivity contribution is 5.96. The maximum atomic E-state index is 11.1. The zero-order chi connectivity index (χ0) is 9.35. The number of carboxylic acid groups (broad SMARTS) is 1. The summed E-state index contributed by atoms with van der Waals surface area (Å²) in [6.07, 6.45) is 2.21. The van der Waals surface area contributed by atoms with E-state index in [-0.39, 0.29) is 23.2 Å². The normalized spacial score (nSPS) is 21.8. The first kappa shape index (κ1) is 8.97. The van der Waals surface area contributed by atoms with Gasteiger partial charge in [-0.3, -0.25) is 4.79 Å². The number of carboxylic acids is 1. The number of ketones is 1. The molecule has 0 heterocycles. The smallest absolute Gasteiger partial charge is 0.331 e. The van der Waals surface area contributed by atoms with Gasteiger partial charge in [0.1, 0.15) is 5.78 Å². The van der Waals surface area contributed by atoms with Crippen molar-refractivity contribution < 1.29 is 14.7 Å². The number of hydrogen-bond donors (Lipinski definition) is 1. The van der Waals surface area contributed by atoms with Crippen LogP contribution in [-0.4, -0.2) is 16.9 Å². The van der Waals surface area contributed by atoms with Crippen LogP contribution in [0.25, 0.3) is 0 Å². The fourth-order valence-electron chi connectivity index (χ4n) is 1.49. The first-order valence-electron chi connectivity index (χ1n) is 3.87. The van der Waals surface area contributed by atoms with Crippen molar-refractivity contribution in [2.45, 2.75) is 26.7 Å². The van der Waals surface area contributed by atoms with E-state index in [1.807, 2.05) is 13.8 Å². The van der Waals surface area contributed by atoms with Gasteiger partial charge in [-0.05, 0) is 5.41 Å². The highest BCUT2D eigenvalue weighted by Crippen LogP contribution is 2.30. The summed E-state index contributed by atoms with van der Waals surface area (Å²) in [5.41, 5.74) is -0.0560. The van der Waals surface area contributed by atoms with Crippen molar-refractivity contribution in [3.63, 3.8) is 0 Å². The van der Waals surface area contributed by atoms with Crippen LogP contribution in [0, 0.1) is 5.41 Å². The molecule has 0 bridgehead atoms. The first-order chi connectivity index (χ1) is 5.41. The van der Waals surface area contributed by atoms with Crippen molar-refractivity contribution in [1.82, 2.24) is 0 Å². The minimum Gasteiger partial charge on any atom is -0.478 e. The summed E-state index contributed by atoms with van der Waals surface area (Å²) in [4.78, 5) is 21.7. The minimum atomic E-state index is -0.976. The molecule has 0 amide bonds. The van der Waals surface area contributed by atoms with Gasteiger partial charge in [-0.2, -0.15) is 0 Å². The van der Waals surface area contributed by atoms with E-state index in [0.29, 0.717) is 6.42 Å². The highest BCUT2D eigenvalue weighted by atomic mass is 16.4. The molecule has 1 N–H and O–H groups in total. The highest BCUT2D eigenvalue weighted by Gasteiger charge is 2.28. The SMILES string of the molecule is CC1(C)C=C(C(=O)O)CC(=O)C1. The second-order valence-corrected chi connectivity index (χ2v) is 3.86. The quantitative estimate of drug-likeness (QED) is 0.643. The third-order valence-corrected chi connectivity index (χ3v) is 1.88. The summed E-state index contributed by atoms with van der Waals surface area (Å²) in [5, 5.41) is 8.67. The first-order valence-corrected chi connectivity index (χ1v) is 3.87. The Morgan fingerprint density at radius 2 is 2.17 bits per heavy atom. The van der Waals surface area contributed by atoms with Gasteiger partial charge in [0.25, 0.3) is 0 Å². The predicted octanol–water partition coefficient (Wildman–Crippen LogP) is 1.39. The molecule has 0 aromatic carbocycles. The number of hydrogen-bond acceptors (Lipinski definition) is 2. The Balaban J connectivity index is 2.95. The lowest BCUT2D eigenvalue weighted by molar-refractivity contribution is -0.134. The van der Waals surface area contributed by atoms with Crippen LogP contribution >= 0.6 is 0 Å². The Labute approximate surface area is 71.1 Å². The molecule has 0 aromatic heterocycles. The van der Waals surface area contributed by atoms with Crippen molar-refractivity contribution in [1.29, 1.82) is 0 Å². The van der Waals surface area contributed by atoms with Crippen LogP contribution < -0.4 is 0 Å². The zero-order valence-corrected chi connectivity index (χ0v) is 7.26. The molecular formula is C9H12O3. The molecular weight excluding hydrogens is 156 g/mol. The molecule has 0 saturated heterocycles. The minimum absolute atomic E-state index is 0.0138. The van der Waals surface area contributed by atoms with Gasteiger partial charge in [-0.15, -0.1) is 0 Å². The molecule has 66 valence electrons. The monoisotopic (exact) mass is 168 g/mol. The van der Waals surface area contributed by atoms with E-state index in [1.54, 1.807) is 6.08 Å². The zero-order valence-electron chi connectivity index (χ0n) is 7.26. The molecule has 0 radical (unpaired) electrons. The number of allylic oxidation sites excluding steroid dienone is 1. The average molecular weight is 168 g/mol. The van der Waals surface area contributed by atoms with Crippen LogP contribution in [0.1, 0.15) is 26.7 Å². The van der Waals surface area contributed by atoms with Gasteiger partial charge in [0, 0.05) is 18.4 Å². The Morgan fingerprint density at radius 1 is 1.58 bits per heavy atom. The van der Waals surface area contributed by atoms with E-state index in [0.717, 1.165) is 0 Å². The lowest BCUT2D eigenvalue weighted by Gasteiger charge is -2.24. The Kier molecular flexibility index (Phi) is 2.04. The average Bonchev–Trinajstić information content (AvgIpc) is 1.82. The van der Waals surface area contributed by atoms with Crippen LogP contribution in [0.4, 0.5) is 0 Å². The van der Waals surface area contributed by atoms with Crippen molar-refractivity contribution in [2.24, 2.45) is 5.41 Å². The van der Waals surface area contributed by atoms with Crippen LogP contribution in [0.3, 0.4) is 0 Å². The van der Waals surface area contributed by atoms with Crippen molar-refractivity contribution >= 4 is 11.8 Å². The molecule has 1 aliphatic rings. The number of Topliss-reactive ketones (excluding diaryl/α,β-unsaturated/α-hetero) is 1. The maximum absolute atomic E-state index is 11.1. The number of carbonyl (C=O) groups excluding carboxylic acids is 1. The molecule has 1 aliphatic carbocycles. The summed E-state index contributed by atoms with van der Waals surface area (Å²) < 4.78 is 0. The summed E-state index contributed by atoms with van der Waals surface area (Å²) in [6, 6.07) is 0. The molecule has 3 nitrogen and oxygen atoms in total. The molecule has 0 saturated carbocycles. The summed E-state index contributed by atoms with van der Waals surface area (Å²) in [5.74, 6) is -0.962. The van der Waals surface area contributed by atoms with Gasteiger partial charge in [-0.25, -0.2) is 4.79 Å². The Morgan fingerprint density at radius 3 is 2.58 bits per heavy atom. The predicted molar refractivity (Wildman–Crippen MR) is 43.7 cm³/mol. The number of rotatable bonds is 1. The van der Waals surface area contributed by atoms with Crippen LogP contribution in [0.2, 0.25) is 0 Å². The standard InChI is InChI=1S/C9H12O3/c1-9(2)4-6(8(11)12)3-7(10)5-9/h4H,3,5H2,1-2H3,(H,11,12). The van der Waals surface area contributed by atoms with Gasteiger partial charge in [0.2, 0.25) is 0 Å². The molecule has 0 spiro atoms. The largest absolute Gasteiger partial charge is 0.478 e. The Bertz CT molecular complexity index is 261. The van der Waals surface area contributed by atoms with Gasteiger partial charge in [0.15, 0.2) is 0 Å². The second-order valence-electron chi connectivity index (χ2n) is 3.86. The van der Waals surface area contributed by atoms with E-state index in [2.05, 4.69) is 0 Å². The molecule has 0 aliphatic heterocycles. The fourth-order valence-corrected chi connectivity index (χ4v) is 1.49. The molecule has 0 atom stereocenters. The lowest BCUT2D eigenvalue weighted by Crippen LogP contribution is -2.23. The third kappa shape index (κ3) is 1.94. The molecule has 0 aromatic rings. The lowest BCUT2D eigenvalue weighted by atomic mass is 9.79. The van der Waals surface area contributed by atoms with Gasteiger partial charge >= 0.3 is 5.97 Å². The van der Waals surface area contributed by atoms with Crippen LogP contribution in [0.15, 0.2) is 11.6 Å². The molecule has 0 unspecified atom stereocenters. The number of aliphatic carboxylic acids is 1. The molecule has 0 fully saturated rings. The van der Waals surface area contributed by atoms with E-state index in [1.165, 1.54) is 0 Å². The van der Waals surface area contributed by atoms with Crippen molar-refractivity contribution in [2.75, 3.05) is 0 Å². The van der Waals surface area contributed by atoms with Crippen molar-refractivity contribution in [3.05, 3.63) is 11.6 Å². The maximum Gasteiger partial charge on any atom is 0.331 e. The van der Waals surface area contributed by atoms with Crippen molar-refractivity contribution in [3.8, 4) is 0 Å². The van der Waals surface area contributed by atoms with Gasteiger partial charge in [0.05, 0.1) is 0 Å². The van der Waals surface area contributed by atoms with Gasteiger partial charge < -0.3 is 5.11 Å². The topological polar surface area (TPSA) is 54.4 Å². The fraction of sp³-hybridized carbons (Fsp3) is 0.556. The molecule has 12 heavy (non-hydrogen) atoms. The second kappa shape index (κ2) is 2.73. The van der Waals surface area contributed by atoms with Gasteiger partial charge in [-0.1, -0.05) is 19.9 Å².